The summed E-state index contributed by atoms with van der Waals surface area (Å²) in [6.07, 6.45) is 2.44. The van der Waals surface area contributed by atoms with Crippen LogP contribution in [0, 0.1) is 11.8 Å². The Morgan fingerprint density at radius 1 is 0.833 bits per heavy atom. The molecule has 5 atom stereocenters. The number of anilines is 2. The van der Waals surface area contributed by atoms with Crippen molar-refractivity contribution in [1.29, 1.82) is 0 Å². The zero-order valence-corrected chi connectivity index (χ0v) is 19.3. The number of hydrogen-bond donors (Lipinski definition) is 2. The summed E-state index contributed by atoms with van der Waals surface area (Å²) in [5, 5.41) is 15.7. The molecule has 0 radical (unpaired) electrons. The Balaban J connectivity index is 1.99. The molecule has 2 aromatic carbocycles. The molecule has 1 aliphatic rings. The van der Waals surface area contributed by atoms with Crippen LogP contribution in [0.3, 0.4) is 0 Å². The van der Waals surface area contributed by atoms with Gasteiger partial charge in [0, 0.05) is 63.5 Å². The molecule has 2 N–H and O–H groups in total. The van der Waals surface area contributed by atoms with Gasteiger partial charge in [-0.2, -0.15) is 0 Å². The summed E-state index contributed by atoms with van der Waals surface area (Å²) in [4.78, 5) is 4.21. The Morgan fingerprint density at radius 2 is 1.20 bits per heavy atom. The van der Waals surface area contributed by atoms with Crippen LogP contribution in [0.5, 0.6) is 0 Å². The van der Waals surface area contributed by atoms with E-state index in [1.54, 1.807) is 0 Å². The highest BCUT2D eigenvalue weighted by atomic mass is 16.3. The first-order valence-electron chi connectivity index (χ1n) is 10.8. The molecule has 1 unspecified atom stereocenters. The lowest BCUT2D eigenvalue weighted by Gasteiger charge is -2.52. The van der Waals surface area contributed by atoms with E-state index < -0.39 is 5.60 Å². The first-order valence-corrected chi connectivity index (χ1v) is 10.8. The highest BCUT2D eigenvalue weighted by molar-refractivity contribution is 5.48. The third-order valence-electron chi connectivity index (χ3n) is 6.94. The number of rotatable bonds is 6. The van der Waals surface area contributed by atoms with E-state index in [0.29, 0.717) is 6.42 Å². The quantitative estimate of drug-likeness (QED) is 0.676. The lowest BCUT2D eigenvalue weighted by Crippen LogP contribution is -2.57. The van der Waals surface area contributed by atoms with Crippen molar-refractivity contribution in [2.45, 2.75) is 38.0 Å². The van der Waals surface area contributed by atoms with Crippen molar-refractivity contribution >= 4 is 11.4 Å². The molecule has 4 heteroatoms. The molecule has 0 amide bonds. The monoisotopic (exact) mass is 407 g/mol. The third kappa shape index (κ3) is 4.12. The number of aliphatic hydroxyl groups is 1. The summed E-state index contributed by atoms with van der Waals surface area (Å²) >= 11 is 0. The van der Waals surface area contributed by atoms with Crippen LogP contribution in [0.1, 0.15) is 43.5 Å². The van der Waals surface area contributed by atoms with Gasteiger partial charge in [-0.1, -0.05) is 44.2 Å². The zero-order chi connectivity index (χ0) is 22.1. The molecule has 2 aromatic rings. The van der Waals surface area contributed by atoms with Gasteiger partial charge in [-0.25, -0.2) is 0 Å². The Labute approximate surface area is 182 Å². The van der Waals surface area contributed by atoms with Gasteiger partial charge in [0.2, 0.25) is 0 Å². The molecule has 1 saturated heterocycles. The minimum absolute atomic E-state index is 0.0491. The van der Waals surface area contributed by atoms with Crippen LogP contribution < -0.4 is 15.1 Å². The normalized spacial score (nSPS) is 28.8. The number of benzene rings is 2. The summed E-state index contributed by atoms with van der Waals surface area (Å²) in [5.74, 6) is 0.0982. The van der Waals surface area contributed by atoms with Gasteiger partial charge >= 0.3 is 0 Å². The zero-order valence-electron chi connectivity index (χ0n) is 19.3. The van der Waals surface area contributed by atoms with E-state index in [4.69, 9.17) is 0 Å². The molecular formula is C26H37N3O. The van der Waals surface area contributed by atoms with Crippen molar-refractivity contribution in [1.82, 2.24) is 5.32 Å². The SMILES string of the molecule is C=CCC1(O)[C@H](C)[C@@H](c2ccc(N(C)C)cc2)N[C@H](c2ccc(N(C)C)cc2)[C@@H]1C. The molecule has 0 aliphatic carbocycles. The maximum Gasteiger partial charge on any atom is 0.0768 e. The minimum Gasteiger partial charge on any atom is -0.389 e. The van der Waals surface area contributed by atoms with E-state index in [-0.39, 0.29) is 23.9 Å². The minimum atomic E-state index is -0.831. The molecule has 3 rings (SSSR count). The van der Waals surface area contributed by atoms with Crippen LogP contribution in [-0.2, 0) is 0 Å². The maximum absolute atomic E-state index is 11.8. The van der Waals surface area contributed by atoms with Crippen LogP contribution >= 0.6 is 0 Å². The molecule has 1 fully saturated rings. The Bertz CT molecular complexity index is 778. The van der Waals surface area contributed by atoms with E-state index in [9.17, 15) is 5.11 Å². The lowest BCUT2D eigenvalue weighted by atomic mass is 9.64. The van der Waals surface area contributed by atoms with Crippen molar-refractivity contribution in [2.24, 2.45) is 11.8 Å². The van der Waals surface area contributed by atoms with Gasteiger partial charge in [-0.3, -0.25) is 0 Å². The van der Waals surface area contributed by atoms with Gasteiger partial charge in [-0.05, 0) is 41.8 Å². The van der Waals surface area contributed by atoms with Crippen LogP contribution in [0.15, 0.2) is 61.2 Å². The summed E-state index contributed by atoms with van der Waals surface area (Å²) in [6.45, 7) is 8.25. The van der Waals surface area contributed by atoms with E-state index >= 15 is 0 Å². The molecule has 0 saturated carbocycles. The largest absolute Gasteiger partial charge is 0.389 e. The number of piperidine rings is 1. The average Bonchev–Trinajstić information content (AvgIpc) is 2.73. The molecule has 30 heavy (non-hydrogen) atoms. The second-order valence-corrected chi connectivity index (χ2v) is 9.16. The third-order valence-corrected chi connectivity index (χ3v) is 6.94. The van der Waals surface area contributed by atoms with Gasteiger partial charge < -0.3 is 20.2 Å². The van der Waals surface area contributed by atoms with E-state index in [1.165, 1.54) is 22.5 Å². The predicted molar refractivity (Wildman–Crippen MR) is 128 cm³/mol. The van der Waals surface area contributed by atoms with E-state index in [1.807, 2.05) is 6.08 Å². The van der Waals surface area contributed by atoms with Gasteiger partial charge in [0.15, 0.2) is 0 Å². The van der Waals surface area contributed by atoms with E-state index in [2.05, 4.69) is 112 Å². The Hall–Kier alpha value is -2.30. The average molecular weight is 408 g/mol. The van der Waals surface area contributed by atoms with Crippen molar-refractivity contribution in [3.05, 3.63) is 72.3 Å². The standard InChI is InChI=1S/C26H37N3O/c1-8-17-26(30)18(2)24(20-9-13-22(14-10-20)28(4)5)27-25(19(26)3)21-11-15-23(16-12-21)29(6)7/h8-16,18-19,24-25,27,30H,1,17H2,2-7H3/t18-,19+,24-,25-,26?/m0/s1. The molecule has 0 bridgehead atoms. The molecule has 0 aromatic heterocycles. The molecule has 1 aliphatic heterocycles. The van der Waals surface area contributed by atoms with Crippen molar-refractivity contribution in [3.63, 3.8) is 0 Å². The van der Waals surface area contributed by atoms with Crippen molar-refractivity contribution < 1.29 is 5.11 Å². The predicted octanol–water partition coefficient (Wildman–Crippen LogP) is 4.78. The number of nitrogens with zero attached hydrogens (tertiary/aromatic N) is 2. The fourth-order valence-electron chi connectivity index (χ4n) is 4.81. The first-order chi connectivity index (χ1) is 14.2. The van der Waals surface area contributed by atoms with Gasteiger partial charge in [0.1, 0.15) is 0 Å². The van der Waals surface area contributed by atoms with Crippen LogP contribution in [0.2, 0.25) is 0 Å². The smallest absolute Gasteiger partial charge is 0.0768 e. The Kier molecular flexibility index (Phi) is 6.59. The fourth-order valence-corrected chi connectivity index (χ4v) is 4.81. The van der Waals surface area contributed by atoms with Gasteiger partial charge in [-0.15, -0.1) is 6.58 Å². The molecule has 162 valence electrons. The van der Waals surface area contributed by atoms with E-state index in [0.717, 1.165) is 0 Å². The molecule has 4 nitrogen and oxygen atoms in total. The first kappa shape index (κ1) is 22.4. The van der Waals surface area contributed by atoms with Crippen molar-refractivity contribution in [3.8, 4) is 0 Å². The van der Waals surface area contributed by atoms with Crippen LogP contribution in [-0.4, -0.2) is 38.9 Å². The summed E-state index contributed by atoms with van der Waals surface area (Å²) < 4.78 is 0. The van der Waals surface area contributed by atoms with Gasteiger partial charge in [0.05, 0.1) is 5.60 Å². The van der Waals surface area contributed by atoms with Crippen molar-refractivity contribution in [2.75, 3.05) is 38.0 Å². The second-order valence-electron chi connectivity index (χ2n) is 9.16. The summed E-state index contributed by atoms with van der Waals surface area (Å²) in [6, 6.07) is 17.4. The summed E-state index contributed by atoms with van der Waals surface area (Å²) in [7, 11) is 8.20. The van der Waals surface area contributed by atoms with Crippen LogP contribution in [0.25, 0.3) is 0 Å². The second kappa shape index (κ2) is 8.83. The fraction of sp³-hybridized carbons (Fsp3) is 0.462. The van der Waals surface area contributed by atoms with Crippen LogP contribution in [0.4, 0.5) is 11.4 Å². The van der Waals surface area contributed by atoms with Gasteiger partial charge in [0.25, 0.3) is 0 Å². The molecular weight excluding hydrogens is 370 g/mol. The number of hydrogen-bond acceptors (Lipinski definition) is 4. The Morgan fingerprint density at radius 3 is 1.50 bits per heavy atom. The molecule has 0 spiro atoms. The topological polar surface area (TPSA) is 38.7 Å². The summed E-state index contributed by atoms with van der Waals surface area (Å²) in [5.41, 5.74) is 3.93. The lowest BCUT2D eigenvalue weighted by molar-refractivity contribution is -0.108. The highest BCUT2D eigenvalue weighted by Gasteiger charge is 2.50. The highest BCUT2D eigenvalue weighted by Crippen LogP contribution is 2.48. The molecule has 1 heterocycles. The maximum atomic E-state index is 11.8. The number of nitrogens with one attached hydrogen (secondary N) is 1.